The van der Waals surface area contributed by atoms with Crippen molar-refractivity contribution in [2.45, 2.75) is 6.18 Å². The predicted molar refractivity (Wildman–Crippen MR) is 104 cm³/mol. The Morgan fingerprint density at radius 3 is 2.48 bits per heavy atom. The third-order valence-corrected chi connectivity index (χ3v) is 4.00. The highest BCUT2D eigenvalue weighted by Crippen LogP contribution is 2.34. The molecule has 3 rings (SSSR count). The average Bonchev–Trinajstić information content (AvgIpc) is 3.04. The van der Waals surface area contributed by atoms with Gasteiger partial charge in [0.1, 0.15) is 6.61 Å². The lowest BCUT2D eigenvalue weighted by atomic mass is 10.1. The molecule has 1 aliphatic rings. The zero-order valence-electron chi connectivity index (χ0n) is 15.4. The van der Waals surface area contributed by atoms with Crippen LogP contribution in [0.2, 0.25) is 0 Å². The van der Waals surface area contributed by atoms with Gasteiger partial charge in [0, 0.05) is 0 Å². The van der Waals surface area contributed by atoms with Gasteiger partial charge < -0.3 is 9.47 Å². The molecule has 0 fully saturated rings. The molecule has 29 heavy (non-hydrogen) atoms. The number of benzene rings is 2. The first-order chi connectivity index (χ1) is 13.8. The third kappa shape index (κ3) is 4.31. The molecule has 2 aromatic rings. The van der Waals surface area contributed by atoms with Crippen molar-refractivity contribution in [3.8, 4) is 11.5 Å². The molecule has 8 heteroatoms. The van der Waals surface area contributed by atoms with Crippen LogP contribution < -0.4 is 14.5 Å². The molecular formula is C21H17F3N2O3. The number of anilines is 1. The van der Waals surface area contributed by atoms with Gasteiger partial charge in [0.05, 0.1) is 18.4 Å². The van der Waals surface area contributed by atoms with Gasteiger partial charge in [0.15, 0.2) is 17.2 Å². The molecule has 0 aromatic heterocycles. The highest BCUT2D eigenvalue weighted by molar-refractivity contribution is 6.34. The molecule has 1 amide bonds. The lowest BCUT2D eigenvalue weighted by molar-refractivity contribution is -0.114. The normalized spacial score (nSPS) is 15.4. The van der Waals surface area contributed by atoms with Crippen LogP contribution in [0.3, 0.4) is 0 Å². The molecule has 2 aromatic carbocycles. The van der Waals surface area contributed by atoms with E-state index in [0.29, 0.717) is 17.1 Å². The van der Waals surface area contributed by atoms with Crippen molar-refractivity contribution < 1.29 is 27.4 Å². The summed E-state index contributed by atoms with van der Waals surface area (Å²) in [4.78, 5) is 12.7. The Kier molecular flexibility index (Phi) is 5.72. The van der Waals surface area contributed by atoms with Crippen molar-refractivity contribution in [3.05, 3.63) is 72.3 Å². The SMILES string of the molecule is C=CCOc1ccc(/C=C2\C(=O)N(c3ccccc3)N=C2C(F)(F)F)cc1OC. The van der Waals surface area contributed by atoms with Crippen LogP contribution in [0.4, 0.5) is 18.9 Å². The molecule has 150 valence electrons. The van der Waals surface area contributed by atoms with Crippen molar-refractivity contribution >= 4 is 23.4 Å². The Bertz CT molecular complexity index is 982. The third-order valence-electron chi connectivity index (χ3n) is 4.00. The maximum absolute atomic E-state index is 13.5. The van der Waals surface area contributed by atoms with E-state index in [2.05, 4.69) is 11.7 Å². The number of amides is 1. The minimum absolute atomic E-state index is 0.242. The second-order valence-electron chi connectivity index (χ2n) is 5.97. The molecule has 0 saturated carbocycles. The lowest BCUT2D eigenvalue weighted by Gasteiger charge is -2.11. The van der Waals surface area contributed by atoms with Crippen LogP contribution in [0.5, 0.6) is 11.5 Å². The minimum Gasteiger partial charge on any atom is -0.493 e. The fourth-order valence-corrected chi connectivity index (χ4v) is 2.71. The minimum atomic E-state index is -4.79. The van der Waals surface area contributed by atoms with Crippen LogP contribution in [-0.2, 0) is 4.79 Å². The molecule has 0 N–H and O–H groups in total. The maximum Gasteiger partial charge on any atom is 0.435 e. The molecule has 0 bridgehead atoms. The van der Waals surface area contributed by atoms with E-state index in [-0.39, 0.29) is 12.3 Å². The fourth-order valence-electron chi connectivity index (χ4n) is 2.71. The van der Waals surface area contributed by atoms with Gasteiger partial charge >= 0.3 is 6.18 Å². The molecule has 0 radical (unpaired) electrons. The summed E-state index contributed by atoms with van der Waals surface area (Å²) >= 11 is 0. The van der Waals surface area contributed by atoms with Crippen molar-refractivity contribution in [1.82, 2.24) is 0 Å². The van der Waals surface area contributed by atoms with Crippen LogP contribution in [0.15, 0.2) is 71.9 Å². The molecule has 0 saturated heterocycles. The van der Waals surface area contributed by atoms with Gasteiger partial charge in [-0.1, -0.05) is 36.9 Å². The van der Waals surface area contributed by atoms with E-state index in [1.165, 1.54) is 31.4 Å². The second kappa shape index (κ2) is 8.22. The quantitative estimate of drug-likeness (QED) is 0.524. The highest BCUT2D eigenvalue weighted by atomic mass is 19.4. The van der Waals surface area contributed by atoms with E-state index in [0.717, 1.165) is 11.1 Å². The van der Waals surface area contributed by atoms with E-state index in [1.54, 1.807) is 30.3 Å². The van der Waals surface area contributed by atoms with Crippen LogP contribution in [0.25, 0.3) is 6.08 Å². The average molecular weight is 402 g/mol. The number of carbonyl (C=O) groups is 1. The number of hydrogen-bond donors (Lipinski definition) is 0. The Morgan fingerprint density at radius 1 is 1.14 bits per heavy atom. The first-order valence-corrected chi connectivity index (χ1v) is 8.54. The Morgan fingerprint density at radius 2 is 1.86 bits per heavy atom. The van der Waals surface area contributed by atoms with Crippen molar-refractivity contribution in [2.24, 2.45) is 5.10 Å². The molecular weight excluding hydrogens is 385 g/mol. The molecule has 0 aliphatic carbocycles. The van der Waals surface area contributed by atoms with Crippen LogP contribution >= 0.6 is 0 Å². The van der Waals surface area contributed by atoms with Crippen LogP contribution in [0.1, 0.15) is 5.56 Å². The zero-order chi connectivity index (χ0) is 21.0. The first-order valence-electron chi connectivity index (χ1n) is 8.54. The van der Waals surface area contributed by atoms with Gasteiger partial charge in [-0.2, -0.15) is 23.3 Å². The summed E-state index contributed by atoms with van der Waals surface area (Å²) in [5.74, 6) is -0.144. The summed E-state index contributed by atoms with van der Waals surface area (Å²) in [6.45, 7) is 3.79. The topological polar surface area (TPSA) is 51.1 Å². The number of alkyl halides is 3. The Hall–Kier alpha value is -3.55. The molecule has 1 heterocycles. The van der Waals surface area contributed by atoms with Crippen molar-refractivity contribution in [1.29, 1.82) is 0 Å². The van der Waals surface area contributed by atoms with Crippen molar-refractivity contribution in [2.75, 3.05) is 18.7 Å². The summed E-state index contributed by atoms with van der Waals surface area (Å²) < 4.78 is 51.2. The summed E-state index contributed by atoms with van der Waals surface area (Å²) in [7, 11) is 1.41. The number of nitrogens with zero attached hydrogens (tertiary/aromatic N) is 2. The molecule has 1 aliphatic heterocycles. The Labute approximate surface area is 165 Å². The van der Waals surface area contributed by atoms with Crippen LogP contribution in [0, 0.1) is 0 Å². The number of methoxy groups -OCH3 is 1. The van der Waals surface area contributed by atoms with Gasteiger partial charge in [-0.3, -0.25) is 4.79 Å². The first kappa shape index (κ1) is 20.2. The molecule has 0 unspecified atom stereocenters. The smallest absolute Gasteiger partial charge is 0.435 e. The second-order valence-corrected chi connectivity index (χ2v) is 5.97. The van der Waals surface area contributed by atoms with E-state index < -0.39 is 23.4 Å². The highest BCUT2D eigenvalue weighted by Gasteiger charge is 2.46. The standard InChI is InChI=1S/C21H17F3N2O3/c1-3-11-29-17-10-9-14(13-18(17)28-2)12-16-19(21(22,23)24)25-26(20(16)27)15-7-5-4-6-8-15/h3-10,12-13H,1,11H2,2H3/b16-12-. The number of para-hydroxylation sites is 1. The van der Waals surface area contributed by atoms with Gasteiger partial charge in [0.25, 0.3) is 5.91 Å². The maximum atomic E-state index is 13.5. The van der Waals surface area contributed by atoms with Gasteiger partial charge in [-0.05, 0) is 35.9 Å². The van der Waals surface area contributed by atoms with Gasteiger partial charge in [-0.15, -0.1) is 0 Å². The summed E-state index contributed by atoms with van der Waals surface area (Å²) in [5.41, 5.74) is -1.23. The number of ether oxygens (including phenoxy) is 2. The molecule has 0 spiro atoms. The number of hydrazone groups is 1. The molecule has 5 nitrogen and oxygen atoms in total. The number of rotatable bonds is 6. The summed E-state index contributed by atoms with van der Waals surface area (Å²) in [6.07, 6.45) is -2.10. The molecule has 0 atom stereocenters. The number of carbonyl (C=O) groups excluding carboxylic acids is 1. The summed E-state index contributed by atoms with van der Waals surface area (Å²) in [5, 5.41) is 4.27. The van der Waals surface area contributed by atoms with E-state index >= 15 is 0 Å². The predicted octanol–water partition coefficient (Wildman–Crippen LogP) is 4.61. The van der Waals surface area contributed by atoms with E-state index in [4.69, 9.17) is 9.47 Å². The van der Waals surface area contributed by atoms with Crippen LogP contribution in [-0.4, -0.2) is 31.5 Å². The van der Waals surface area contributed by atoms with Gasteiger partial charge in [0.2, 0.25) is 0 Å². The monoisotopic (exact) mass is 402 g/mol. The number of hydrogen-bond acceptors (Lipinski definition) is 4. The number of halogens is 3. The fraction of sp³-hybridized carbons (Fsp3) is 0.143. The zero-order valence-corrected chi connectivity index (χ0v) is 15.4. The van der Waals surface area contributed by atoms with E-state index in [9.17, 15) is 18.0 Å². The summed E-state index contributed by atoms with van der Waals surface area (Å²) in [6, 6.07) is 12.5. The van der Waals surface area contributed by atoms with Gasteiger partial charge in [-0.25, -0.2) is 0 Å². The van der Waals surface area contributed by atoms with E-state index in [1.807, 2.05) is 0 Å². The largest absolute Gasteiger partial charge is 0.493 e. The lowest BCUT2D eigenvalue weighted by Crippen LogP contribution is -2.25. The van der Waals surface area contributed by atoms with Crippen molar-refractivity contribution in [3.63, 3.8) is 0 Å². The Balaban J connectivity index is 2.02.